The van der Waals surface area contributed by atoms with Gasteiger partial charge in [0.05, 0.1) is 35.5 Å². The van der Waals surface area contributed by atoms with E-state index in [1.807, 2.05) is 0 Å². The first-order chi connectivity index (χ1) is 20.1. The van der Waals surface area contributed by atoms with Crippen LogP contribution in [0.5, 0.6) is 0 Å². The summed E-state index contributed by atoms with van der Waals surface area (Å²) < 4.78 is 54.0. The van der Waals surface area contributed by atoms with Crippen molar-refractivity contribution in [3.8, 4) is 0 Å². The molecular formula is C32H23F4N3O3. The first-order valence-corrected chi connectivity index (χ1v) is 12.9. The van der Waals surface area contributed by atoms with Crippen LogP contribution in [-0.4, -0.2) is 36.0 Å². The van der Waals surface area contributed by atoms with E-state index in [0.717, 1.165) is 23.1 Å². The lowest BCUT2D eigenvalue weighted by molar-refractivity contribution is -0.137. The van der Waals surface area contributed by atoms with Gasteiger partial charge in [-0.05, 0) is 29.8 Å². The van der Waals surface area contributed by atoms with Gasteiger partial charge in [0.15, 0.2) is 5.78 Å². The third-order valence-corrected chi connectivity index (χ3v) is 6.65. The molecule has 0 unspecified atom stereocenters. The van der Waals surface area contributed by atoms with Crippen LogP contribution in [0.3, 0.4) is 0 Å². The number of aliphatic imine (C=N–C) groups is 1. The largest absolute Gasteiger partial charge is 0.416 e. The summed E-state index contributed by atoms with van der Waals surface area (Å²) in [5, 5.41) is 2.52. The third-order valence-electron chi connectivity index (χ3n) is 6.65. The number of Topliss-reactive ketones (excluding diaryl/α,β-unsaturated/α-hetero) is 1. The molecule has 4 aromatic carbocycles. The van der Waals surface area contributed by atoms with Crippen molar-refractivity contribution in [3.05, 3.63) is 137 Å². The molecule has 6 nitrogen and oxygen atoms in total. The molecule has 0 saturated heterocycles. The summed E-state index contributed by atoms with van der Waals surface area (Å²) in [6, 6.07) is 25.3. The summed E-state index contributed by atoms with van der Waals surface area (Å²) in [5.41, 5.74) is 0.766. The van der Waals surface area contributed by atoms with E-state index >= 15 is 0 Å². The standard InChI is InChI=1S/C32H23F4N3O3/c33-25-15-6-4-13-23(25)27(40)19-39-26-16-7-5-14-24(26)29(21-10-2-1-3-11-21)38-30(31(39)42)37-28(41)18-20-9-8-12-22(17-20)32(34,35)36/h1-17,30H,18-19H2,(H,37,41)/t30-/m0/s1. The number of benzodiazepines with no additional fused rings is 1. The van der Waals surface area contributed by atoms with E-state index in [1.165, 1.54) is 30.3 Å². The maximum absolute atomic E-state index is 14.4. The molecule has 0 radical (unpaired) electrons. The number of para-hydroxylation sites is 1. The van der Waals surface area contributed by atoms with Gasteiger partial charge in [-0.2, -0.15) is 13.2 Å². The second-order valence-corrected chi connectivity index (χ2v) is 9.53. The lowest BCUT2D eigenvalue weighted by atomic mass is 10.00. The number of anilines is 1. The number of amides is 2. The SMILES string of the molecule is O=C(Cc1cccc(C(F)(F)F)c1)N[C@H]1N=C(c2ccccc2)c2ccccc2N(CC(=O)c2ccccc2F)C1=O. The molecule has 42 heavy (non-hydrogen) atoms. The first-order valence-electron chi connectivity index (χ1n) is 12.9. The van der Waals surface area contributed by atoms with Crippen LogP contribution in [0.1, 0.15) is 32.6 Å². The molecule has 0 aromatic heterocycles. The quantitative estimate of drug-likeness (QED) is 0.231. The van der Waals surface area contributed by atoms with Crippen molar-refractivity contribution in [2.24, 2.45) is 4.99 Å². The number of hydrogen-bond acceptors (Lipinski definition) is 4. The minimum absolute atomic E-state index is 0.0885. The highest BCUT2D eigenvalue weighted by Gasteiger charge is 2.35. The monoisotopic (exact) mass is 573 g/mol. The molecule has 1 atom stereocenters. The van der Waals surface area contributed by atoms with Crippen molar-refractivity contribution < 1.29 is 31.9 Å². The number of fused-ring (bicyclic) bond motifs is 1. The predicted molar refractivity (Wildman–Crippen MR) is 149 cm³/mol. The molecule has 1 aliphatic rings. The Morgan fingerprint density at radius 1 is 0.857 bits per heavy atom. The average molecular weight is 574 g/mol. The molecule has 4 aromatic rings. The van der Waals surface area contributed by atoms with Gasteiger partial charge < -0.3 is 10.2 Å². The minimum Gasteiger partial charge on any atom is -0.326 e. The van der Waals surface area contributed by atoms with Crippen molar-refractivity contribution in [1.82, 2.24) is 5.32 Å². The van der Waals surface area contributed by atoms with E-state index in [4.69, 9.17) is 0 Å². The molecule has 1 aliphatic heterocycles. The molecule has 2 amide bonds. The van der Waals surface area contributed by atoms with Crippen molar-refractivity contribution >= 4 is 29.0 Å². The molecule has 1 heterocycles. The summed E-state index contributed by atoms with van der Waals surface area (Å²) >= 11 is 0. The zero-order chi connectivity index (χ0) is 29.9. The Kier molecular flexibility index (Phi) is 7.97. The number of rotatable bonds is 7. The van der Waals surface area contributed by atoms with E-state index in [-0.39, 0.29) is 11.1 Å². The fourth-order valence-electron chi connectivity index (χ4n) is 4.68. The van der Waals surface area contributed by atoms with Crippen LogP contribution in [0.4, 0.5) is 23.2 Å². The second kappa shape index (κ2) is 11.8. The summed E-state index contributed by atoms with van der Waals surface area (Å²) in [6.45, 7) is -0.547. The summed E-state index contributed by atoms with van der Waals surface area (Å²) in [7, 11) is 0. The third kappa shape index (κ3) is 6.12. The van der Waals surface area contributed by atoms with Gasteiger partial charge in [0.2, 0.25) is 12.1 Å². The van der Waals surface area contributed by atoms with Gasteiger partial charge in [0.25, 0.3) is 5.91 Å². The van der Waals surface area contributed by atoms with E-state index in [0.29, 0.717) is 22.5 Å². The fraction of sp³-hybridized carbons (Fsp3) is 0.125. The molecule has 0 saturated carbocycles. The van der Waals surface area contributed by atoms with Gasteiger partial charge >= 0.3 is 6.18 Å². The highest BCUT2D eigenvalue weighted by molar-refractivity contribution is 6.21. The second-order valence-electron chi connectivity index (χ2n) is 9.53. The normalized spacial score (nSPS) is 15.0. The highest BCUT2D eigenvalue weighted by atomic mass is 19.4. The number of nitrogens with zero attached hydrogens (tertiary/aromatic N) is 2. The van der Waals surface area contributed by atoms with Crippen molar-refractivity contribution in [1.29, 1.82) is 0 Å². The van der Waals surface area contributed by atoms with Crippen LogP contribution in [0.25, 0.3) is 0 Å². The molecule has 0 spiro atoms. The van der Waals surface area contributed by atoms with Gasteiger partial charge in [-0.1, -0.05) is 78.9 Å². The van der Waals surface area contributed by atoms with Crippen molar-refractivity contribution in [2.75, 3.05) is 11.4 Å². The molecule has 1 N–H and O–H groups in total. The van der Waals surface area contributed by atoms with Gasteiger partial charge in [-0.15, -0.1) is 0 Å². The highest BCUT2D eigenvalue weighted by Crippen LogP contribution is 2.30. The Hall–Kier alpha value is -5.12. The average Bonchev–Trinajstić information content (AvgIpc) is 3.08. The summed E-state index contributed by atoms with van der Waals surface area (Å²) in [5.74, 6) is -2.94. The Morgan fingerprint density at radius 2 is 1.55 bits per heavy atom. The molecule has 212 valence electrons. The van der Waals surface area contributed by atoms with E-state index in [9.17, 15) is 31.9 Å². The molecular weight excluding hydrogens is 550 g/mol. The summed E-state index contributed by atoms with van der Waals surface area (Å²) in [4.78, 5) is 45.9. The molecule has 10 heteroatoms. The number of hydrogen-bond donors (Lipinski definition) is 1. The Balaban J connectivity index is 1.52. The number of carbonyl (C=O) groups is 3. The maximum atomic E-state index is 14.4. The molecule has 0 fully saturated rings. The topological polar surface area (TPSA) is 78.8 Å². The van der Waals surface area contributed by atoms with Gasteiger partial charge in [-0.3, -0.25) is 14.4 Å². The van der Waals surface area contributed by atoms with Gasteiger partial charge in [-0.25, -0.2) is 9.38 Å². The smallest absolute Gasteiger partial charge is 0.326 e. The number of ketones is 1. The Labute approximate surface area is 238 Å². The zero-order valence-corrected chi connectivity index (χ0v) is 21.9. The molecule has 5 rings (SSSR count). The van der Waals surface area contributed by atoms with Crippen LogP contribution >= 0.6 is 0 Å². The van der Waals surface area contributed by atoms with Crippen LogP contribution < -0.4 is 10.2 Å². The van der Waals surface area contributed by atoms with E-state index in [1.54, 1.807) is 54.6 Å². The minimum atomic E-state index is -4.59. The number of benzene rings is 4. The molecule has 0 aliphatic carbocycles. The van der Waals surface area contributed by atoms with Gasteiger partial charge in [0, 0.05) is 11.1 Å². The number of halogens is 4. The maximum Gasteiger partial charge on any atom is 0.416 e. The zero-order valence-electron chi connectivity index (χ0n) is 21.9. The van der Waals surface area contributed by atoms with Crippen LogP contribution in [0.15, 0.2) is 108 Å². The van der Waals surface area contributed by atoms with Crippen LogP contribution in [0.2, 0.25) is 0 Å². The Morgan fingerprint density at radius 3 is 2.29 bits per heavy atom. The fourth-order valence-corrected chi connectivity index (χ4v) is 4.68. The van der Waals surface area contributed by atoms with E-state index in [2.05, 4.69) is 10.3 Å². The lowest BCUT2D eigenvalue weighted by Gasteiger charge is -2.25. The number of alkyl halides is 3. The number of carbonyl (C=O) groups excluding carboxylic acids is 3. The number of nitrogens with one attached hydrogen (secondary N) is 1. The van der Waals surface area contributed by atoms with E-state index < -0.39 is 54.3 Å². The van der Waals surface area contributed by atoms with Crippen LogP contribution in [-0.2, 0) is 22.2 Å². The van der Waals surface area contributed by atoms with Crippen molar-refractivity contribution in [3.63, 3.8) is 0 Å². The van der Waals surface area contributed by atoms with Crippen LogP contribution in [0, 0.1) is 5.82 Å². The van der Waals surface area contributed by atoms with Crippen molar-refractivity contribution in [2.45, 2.75) is 18.8 Å². The van der Waals surface area contributed by atoms with Gasteiger partial charge in [0.1, 0.15) is 5.82 Å². The predicted octanol–water partition coefficient (Wildman–Crippen LogP) is 5.60. The lowest BCUT2D eigenvalue weighted by Crippen LogP contribution is -2.49. The summed E-state index contributed by atoms with van der Waals surface area (Å²) in [6.07, 6.45) is -6.57. The molecule has 0 bridgehead atoms. The first kappa shape index (κ1) is 28.4. The Bertz CT molecular complexity index is 1690.